The number of alkyl halides is 2. The fourth-order valence-electron chi connectivity index (χ4n) is 2.03. The number of hydrogen-bond acceptors (Lipinski definition) is 4. The van der Waals surface area contributed by atoms with E-state index < -0.39 is 18.0 Å². The topological polar surface area (TPSA) is 46.5 Å². The standard InChI is InChI=1S/C18H17ClF3N3O/c1-3-16(17(21)22)26-18(23-2)11-4-5-13(24-9-11)10-25-12-6-7-15(20)14(19)8-12/h3-9,17,25H,10H2,1-2H3/b16-3-,23-18?. The monoisotopic (exact) mass is 383 g/mol. The molecule has 1 N–H and O–H groups in total. The molecule has 0 spiro atoms. The second-order valence-corrected chi connectivity index (χ2v) is 5.55. The van der Waals surface area contributed by atoms with Crippen LogP contribution in [0.2, 0.25) is 5.02 Å². The van der Waals surface area contributed by atoms with Gasteiger partial charge >= 0.3 is 0 Å². The van der Waals surface area contributed by atoms with Crippen LogP contribution in [0, 0.1) is 5.82 Å². The summed E-state index contributed by atoms with van der Waals surface area (Å²) >= 11 is 5.73. The second kappa shape index (κ2) is 9.24. The minimum Gasteiger partial charge on any atom is -0.437 e. The van der Waals surface area contributed by atoms with E-state index in [2.05, 4.69) is 15.3 Å². The molecular weight excluding hydrogens is 367 g/mol. The lowest BCUT2D eigenvalue weighted by Gasteiger charge is -2.11. The first-order valence-corrected chi connectivity index (χ1v) is 8.05. The molecule has 0 radical (unpaired) electrons. The Hall–Kier alpha value is -2.54. The summed E-state index contributed by atoms with van der Waals surface area (Å²) in [7, 11) is 1.45. The van der Waals surface area contributed by atoms with E-state index in [0.717, 1.165) is 0 Å². The van der Waals surface area contributed by atoms with Gasteiger partial charge in [0.05, 0.1) is 22.8 Å². The first-order chi connectivity index (χ1) is 12.4. The Labute approximate surface area is 154 Å². The maximum absolute atomic E-state index is 13.1. The van der Waals surface area contributed by atoms with Crippen LogP contribution in [0.15, 0.2) is 53.4 Å². The molecule has 0 aliphatic heterocycles. The molecule has 1 aromatic heterocycles. The molecule has 4 nitrogen and oxygen atoms in total. The van der Waals surface area contributed by atoms with Crippen LogP contribution in [0.1, 0.15) is 18.2 Å². The third-order valence-electron chi connectivity index (χ3n) is 3.38. The zero-order valence-electron chi connectivity index (χ0n) is 14.1. The molecule has 0 saturated heterocycles. The van der Waals surface area contributed by atoms with Crippen molar-refractivity contribution in [2.75, 3.05) is 12.4 Å². The number of rotatable bonds is 6. The minimum absolute atomic E-state index is 0.0260. The molecule has 0 aliphatic carbocycles. The van der Waals surface area contributed by atoms with Crippen molar-refractivity contribution in [2.24, 2.45) is 4.99 Å². The molecule has 0 fully saturated rings. The molecule has 1 heterocycles. The third-order valence-corrected chi connectivity index (χ3v) is 3.67. The fraction of sp³-hybridized carbons (Fsp3) is 0.222. The van der Waals surface area contributed by atoms with Gasteiger partial charge in [0, 0.05) is 18.9 Å². The van der Waals surface area contributed by atoms with Gasteiger partial charge in [0.1, 0.15) is 5.82 Å². The molecule has 0 saturated carbocycles. The smallest absolute Gasteiger partial charge is 0.295 e. The number of benzene rings is 1. The van der Waals surface area contributed by atoms with Crippen LogP contribution in [0.3, 0.4) is 0 Å². The summed E-state index contributed by atoms with van der Waals surface area (Å²) in [5, 5.41) is 3.09. The summed E-state index contributed by atoms with van der Waals surface area (Å²) in [6.45, 7) is 1.84. The molecule has 2 rings (SSSR count). The van der Waals surface area contributed by atoms with Gasteiger partial charge in [-0.15, -0.1) is 0 Å². The summed E-state index contributed by atoms with van der Waals surface area (Å²) in [6, 6.07) is 7.69. The Morgan fingerprint density at radius 2 is 2.12 bits per heavy atom. The Balaban J connectivity index is 2.03. The van der Waals surface area contributed by atoms with Crippen molar-refractivity contribution in [1.29, 1.82) is 0 Å². The zero-order valence-corrected chi connectivity index (χ0v) is 14.9. The minimum atomic E-state index is -2.73. The number of aromatic nitrogens is 1. The molecule has 26 heavy (non-hydrogen) atoms. The molecule has 8 heteroatoms. The van der Waals surface area contributed by atoms with Gasteiger partial charge in [-0.3, -0.25) is 9.98 Å². The van der Waals surface area contributed by atoms with Crippen LogP contribution in [0.4, 0.5) is 18.9 Å². The van der Waals surface area contributed by atoms with Gasteiger partial charge in [0.25, 0.3) is 6.43 Å². The maximum Gasteiger partial charge on any atom is 0.295 e. The molecule has 138 valence electrons. The van der Waals surface area contributed by atoms with Crippen molar-refractivity contribution >= 4 is 23.2 Å². The van der Waals surface area contributed by atoms with Gasteiger partial charge in [-0.2, -0.15) is 0 Å². The number of nitrogens with zero attached hydrogens (tertiary/aromatic N) is 2. The van der Waals surface area contributed by atoms with Gasteiger partial charge in [0.15, 0.2) is 5.76 Å². The number of nitrogens with one attached hydrogen (secondary N) is 1. The predicted octanol–water partition coefficient (Wildman–Crippen LogP) is 5.05. The molecule has 0 amide bonds. The summed E-state index contributed by atoms with van der Waals surface area (Å²) in [5.41, 5.74) is 1.81. The quantitative estimate of drug-likeness (QED) is 0.431. The summed E-state index contributed by atoms with van der Waals surface area (Å²) in [4.78, 5) is 8.13. The lowest BCUT2D eigenvalue weighted by atomic mass is 10.2. The second-order valence-electron chi connectivity index (χ2n) is 5.14. The SMILES string of the molecule is C/C=C(\OC(=NC)c1ccc(CNc2ccc(F)c(Cl)c2)nc1)C(F)F. The maximum atomic E-state index is 13.1. The van der Waals surface area contributed by atoms with E-state index in [9.17, 15) is 13.2 Å². The summed E-state index contributed by atoms with van der Waals surface area (Å²) in [6.07, 6.45) is -0.0544. The number of halogens is 4. The van der Waals surface area contributed by atoms with Gasteiger partial charge in [-0.1, -0.05) is 11.6 Å². The molecule has 0 atom stereocenters. The van der Waals surface area contributed by atoms with Crippen LogP contribution in [-0.2, 0) is 11.3 Å². The Kier molecular flexibility index (Phi) is 7.03. The fourth-order valence-corrected chi connectivity index (χ4v) is 2.21. The largest absolute Gasteiger partial charge is 0.437 e. The first kappa shape index (κ1) is 19.8. The first-order valence-electron chi connectivity index (χ1n) is 7.67. The van der Waals surface area contributed by atoms with Gasteiger partial charge in [-0.05, 0) is 43.3 Å². The lowest BCUT2D eigenvalue weighted by Crippen LogP contribution is -2.12. The van der Waals surface area contributed by atoms with E-state index in [0.29, 0.717) is 23.5 Å². The van der Waals surface area contributed by atoms with Gasteiger partial charge < -0.3 is 10.1 Å². The Morgan fingerprint density at radius 3 is 2.65 bits per heavy atom. The highest BCUT2D eigenvalue weighted by molar-refractivity contribution is 6.31. The van der Waals surface area contributed by atoms with Crippen molar-refractivity contribution < 1.29 is 17.9 Å². The average Bonchev–Trinajstić information content (AvgIpc) is 2.64. The summed E-state index contributed by atoms with van der Waals surface area (Å²) < 4.78 is 43.9. The summed E-state index contributed by atoms with van der Waals surface area (Å²) in [5.74, 6) is -0.907. The molecular formula is C18H17ClF3N3O. The van der Waals surface area contributed by atoms with Crippen LogP contribution in [0.5, 0.6) is 0 Å². The molecule has 0 unspecified atom stereocenters. The highest BCUT2D eigenvalue weighted by Crippen LogP contribution is 2.20. The van der Waals surface area contributed by atoms with E-state index in [1.54, 1.807) is 18.2 Å². The normalized spacial score (nSPS) is 12.4. The Bertz CT molecular complexity index is 808. The highest BCUT2D eigenvalue weighted by atomic mass is 35.5. The molecule has 0 bridgehead atoms. The van der Waals surface area contributed by atoms with Crippen LogP contribution in [0.25, 0.3) is 0 Å². The van der Waals surface area contributed by atoms with Crippen LogP contribution >= 0.6 is 11.6 Å². The van der Waals surface area contributed by atoms with E-state index >= 15 is 0 Å². The molecule has 1 aromatic carbocycles. The predicted molar refractivity (Wildman–Crippen MR) is 96.3 cm³/mol. The van der Waals surface area contributed by atoms with Crippen molar-refractivity contribution in [3.8, 4) is 0 Å². The number of allylic oxidation sites excluding steroid dienone is 2. The van der Waals surface area contributed by atoms with Gasteiger partial charge in [0.2, 0.25) is 5.90 Å². The van der Waals surface area contributed by atoms with Crippen LogP contribution in [-0.4, -0.2) is 24.4 Å². The van der Waals surface area contributed by atoms with Crippen molar-refractivity contribution in [1.82, 2.24) is 4.98 Å². The molecule has 0 aliphatic rings. The van der Waals surface area contributed by atoms with E-state index in [-0.39, 0.29) is 10.9 Å². The number of hydrogen-bond donors (Lipinski definition) is 1. The lowest BCUT2D eigenvalue weighted by molar-refractivity contribution is 0.133. The Morgan fingerprint density at radius 1 is 1.35 bits per heavy atom. The van der Waals surface area contributed by atoms with E-state index in [1.807, 2.05) is 0 Å². The van der Waals surface area contributed by atoms with Gasteiger partial charge in [-0.25, -0.2) is 13.2 Å². The number of anilines is 1. The van der Waals surface area contributed by atoms with E-state index in [1.165, 1.54) is 38.4 Å². The molecule has 2 aromatic rings. The average molecular weight is 384 g/mol. The zero-order chi connectivity index (χ0) is 19.1. The van der Waals surface area contributed by atoms with Crippen molar-refractivity contribution in [2.45, 2.75) is 19.9 Å². The van der Waals surface area contributed by atoms with E-state index in [4.69, 9.17) is 16.3 Å². The third kappa shape index (κ3) is 5.23. The number of aliphatic imine (C=N–C) groups is 1. The van der Waals surface area contributed by atoms with Crippen molar-refractivity contribution in [3.05, 3.63) is 70.5 Å². The number of pyridine rings is 1. The van der Waals surface area contributed by atoms with Crippen LogP contribution < -0.4 is 5.32 Å². The highest BCUT2D eigenvalue weighted by Gasteiger charge is 2.16. The number of ether oxygens (including phenoxy) is 1. The van der Waals surface area contributed by atoms with Crippen molar-refractivity contribution in [3.63, 3.8) is 0 Å².